The van der Waals surface area contributed by atoms with Crippen molar-refractivity contribution in [3.8, 4) is 11.4 Å². The van der Waals surface area contributed by atoms with E-state index in [0.29, 0.717) is 22.8 Å². The number of fused-ring (bicyclic) bond motifs is 1. The summed E-state index contributed by atoms with van der Waals surface area (Å²) in [4.78, 5) is 21.0. The highest BCUT2D eigenvalue weighted by Gasteiger charge is 2.22. The number of H-pyrrole nitrogens is 1. The maximum Gasteiger partial charge on any atom is 0.224 e. The normalized spacial score (nSPS) is 15.0. The Morgan fingerprint density at radius 2 is 1.48 bits per heavy atom. The summed E-state index contributed by atoms with van der Waals surface area (Å²) in [6, 6.07) is 12.7. The lowest BCUT2D eigenvalue weighted by atomic mass is 10.2. The monoisotopic (exact) mass is 421 g/mol. The second-order valence-electron chi connectivity index (χ2n) is 7.59. The fourth-order valence-electron chi connectivity index (χ4n) is 3.84. The number of nitrogens with two attached hydrogens (primary N) is 1. The first kappa shape index (κ1) is 19.4. The lowest BCUT2D eigenvalue weighted by Crippen LogP contribution is -2.46. The van der Waals surface area contributed by atoms with Crippen molar-refractivity contribution in [3.63, 3.8) is 0 Å². The number of aromatic amines is 1. The number of aromatic nitrogens is 4. The number of imidazole rings is 1. The van der Waals surface area contributed by atoms with E-state index in [-0.39, 0.29) is 17.6 Å². The molecule has 158 valence electrons. The number of hydrogen-bond acceptors (Lipinski definition) is 6. The summed E-state index contributed by atoms with van der Waals surface area (Å²) < 4.78 is 26.4. The van der Waals surface area contributed by atoms with Crippen molar-refractivity contribution in [2.75, 3.05) is 36.8 Å². The zero-order valence-electron chi connectivity index (χ0n) is 16.7. The molecule has 3 N–H and O–H groups in total. The molecule has 31 heavy (non-hydrogen) atoms. The summed E-state index contributed by atoms with van der Waals surface area (Å²) in [5.74, 6) is 0.936. The molecule has 9 heteroatoms. The Hall–Kier alpha value is -3.59. The molecule has 1 fully saturated rings. The van der Waals surface area contributed by atoms with Crippen LogP contribution in [0.1, 0.15) is 5.56 Å². The average molecular weight is 421 g/mol. The third-order valence-electron chi connectivity index (χ3n) is 5.46. The Morgan fingerprint density at radius 3 is 2.16 bits per heavy atom. The van der Waals surface area contributed by atoms with E-state index in [1.807, 2.05) is 12.1 Å². The van der Waals surface area contributed by atoms with Crippen molar-refractivity contribution >= 4 is 22.9 Å². The molecule has 0 atom stereocenters. The smallest absolute Gasteiger partial charge is 0.224 e. The summed E-state index contributed by atoms with van der Waals surface area (Å²) in [7, 11) is 0. The lowest BCUT2D eigenvalue weighted by molar-refractivity contribution is 0.249. The van der Waals surface area contributed by atoms with Crippen LogP contribution in [0.2, 0.25) is 0 Å². The Bertz CT molecular complexity index is 1200. The van der Waals surface area contributed by atoms with Crippen LogP contribution < -0.4 is 10.6 Å². The Kier molecular flexibility index (Phi) is 4.95. The predicted octanol–water partition coefficient (Wildman–Crippen LogP) is 3.20. The van der Waals surface area contributed by atoms with Gasteiger partial charge in [0.2, 0.25) is 5.95 Å². The molecule has 0 spiro atoms. The van der Waals surface area contributed by atoms with Gasteiger partial charge in [-0.15, -0.1) is 0 Å². The minimum absolute atomic E-state index is 0.161. The first-order valence-electron chi connectivity index (χ1n) is 10.1. The maximum atomic E-state index is 13.3. The molecule has 0 bridgehead atoms. The molecular formula is C22H21F2N7. The van der Waals surface area contributed by atoms with E-state index < -0.39 is 0 Å². The van der Waals surface area contributed by atoms with Crippen LogP contribution >= 0.6 is 0 Å². The first-order chi connectivity index (χ1) is 15.0. The van der Waals surface area contributed by atoms with Crippen LogP contribution in [-0.4, -0.2) is 51.0 Å². The van der Waals surface area contributed by atoms with Gasteiger partial charge in [-0.1, -0.05) is 12.1 Å². The van der Waals surface area contributed by atoms with Crippen molar-refractivity contribution < 1.29 is 8.78 Å². The second kappa shape index (κ2) is 7.92. The molecule has 1 aliphatic rings. The molecule has 1 aliphatic heterocycles. The number of anilines is 2. The standard InChI is InChI=1S/C22H21F2N7/c23-16-5-1-14(2-6-16)13-30-9-11-31(12-10-30)21-18-20(28-22(25)29-21)27-19(26-18)15-3-7-17(24)8-4-15/h1-8H,9-13H2,(H3,25,26,27,28,29). The number of nitrogens with zero attached hydrogens (tertiary/aromatic N) is 5. The van der Waals surface area contributed by atoms with Gasteiger partial charge in [0.1, 0.15) is 23.0 Å². The molecule has 0 unspecified atom stereocenters. The van der Waals surface area contributed by atoms with Gasteiger partial charge in [-0.05, 0) is 42.0 Å². The number of piperazine rings is 1. The van der Waals surface area contributed by atoms with E-state index >= 15 is 0 Å². The van der Waals surface area contributed by atoms with Gasteiger partial charge in [0, 0.05) is 38.3 Å². The lowest BCUT2D eigenvalue weighted by Gasteiger charge is -2.35. The first-order valence-corrected chi connectivity index (χ1v) is 10.1. The summed E-state index contributed by atoms with van der Waals surface area (Å²) in [5.41, 5.74) is 8.98. The molecular weight excluding hydrogens is 400 g/mol. The summed E-state index contributed by atoms with van der Waals surface area (Å²) >= 11 is 0. The number of nitrogen functional groups attached to an aromatic ring is 1. The number of halogens is 2. The highest BCUT2D eigenvalue weighted by atomic mass is 19.1. The highest BCUT2D eigenvalue weighted by Crippen LogP contribution is 2.27. The van der Waals surface area contributed by atoms with Crippen LogP contribution in [0.5, 0.6) is 0 Å². The molecule has 1 saturated heterocycles. The quantitative estimate of drug-likeness (QED) is 0.526. The van der Waals surface area contributed by atoms with E-state index in [9.17, 15) is 8.78 Å². The third-order valence-corrected chi connectivity index (χ3v) is 5.46. The number of rotatable bonds is 4. The maximum absolute atomic E-state index is 13.3. The molecule has 3 heterocycles. The van der Waals surface area contributed by atoms with Crippen LogP contribution in [-0.2, 0) is 6.54 Å². The van der Waals surface area contributed by atoms with E-state index in [2.05, 4.69) is 29.7 Å². The van der Waals surface area contributed by atoms with Gasteiger partial charge in [-0.25, -0.2) is 13.8 Å². The largest absolute Gasteiger partial charge is 0.368 e. The van der Waals surface area contributed by atoms with Gasteiger partial charge in [0.15, 0.2) is 11.5 Å². The van der Waals surface area contributed by atoms with Gasteiger partial charge in [-0.2, -0.15) is 9.97 Å². The van der Waals surface area contributed by atoms with Gasteiger partial charge in [0.05, 0.1) is 0 Å². The van der Waals surface area contributed by atoms with E-state index in [4.69, 9.17) is 5.73 Å². The number of hydrogen-bond donors (Lipinski definition) is 2. The van der Waals surface area contributed by atoms with E-state index in [1.165, 1.54) is 24.3 Å². The molecule has 0 saturated carbocycles. The summed E-state index contributed by atoms with van der Waals surface area (Å²) in [6.07, 6.45) is 0. The molecule has 2 aromatic heterocycles. The summed E-state index contributed by atoms with van der Waals surface area (Å²) in [5, 5.41) is 0. The topological polar surface area (TPSA) is 87.0 Å². The molecule has 2 aromatic carbocycles. The van der Waals surface area contributed by atoms with Crippen LogP contribution in [0.4, 0.5) is 20.5 Å². The Morgan fingerprint density at radius 1 is 0.839 bits per heavy atom. The van der Waals surface area contributed by atoms with Gasteiger partial charge >= 0.3 is 0 Å². The fraction of sp³-hybridized carbons (Fsp3) is 0.227. The molecule has 0 aliphatic carbocycles. The minimum atomic E-state index is -0.303. The van der Waals surface area contributed by atoms with Crippen molar-refractivity contribution in [1.82, 2.24) is 24.8 Å². The Balaban J connectivity index is 1.36. The molecule has 0 amide bonds. The van der Waals surface area contributed by atoms with Crippen LogP contribution in [0, 0.1) is 11.6 Å². The van der Waals surface area contributed by atoms with Gasteiger partial charge in [-0.3, -0.25) is 4.90 Å². The SMILES string of the molecule is Nc1nc(N2CCN(Cc3ccc(F)cc3)CC2)c2[nH]c(-c3ccc(F)cc3)nc2n1. The van der Waals surface area contributed by atoms with Crippen molar-refractivity contribution in [3.05, 3.63) is 65.7 Å². The zero-order valence-corrected chi connectivity index (χ0v) is 16.7. The van der Waals surface area contributed by atoms with Crippen LogP contribution in [0.15, 0.2) is 48.5 Å². The van der Waals surface area contributed by atoms with E-state index in [1.54, 1.807) is 12.1 Å². The third kappa shape index (κ3) is 4.04. The fourth-order valence-corrected chi connectivity index (χ4v) is 3.84. The molecule has 0 radical (unpaired) electrons. The van der Waals surface area contributed by atoms with Crippen molar-refractivity contribution in [1.29, 1.82) is 0 Å². The molecule has 5 rings (SSSR count). The highest BCUT2D eigenvalue weighted by molar-refractivity contribution is 5.87. The van der Waals surface area contributed by atoms with Crippen molar-refractivity contribution in [2.45, 2.75) is 6.54 Å². The molecule has 7 nitrogen and oxygen atoms in total. The average Bonchev–Trinajstić information content (AvgIpc) is 3.20. The number of benzene rings is 2. The Labute approximate surface area is 177 Å². The minimum Gasteiger partial charge on any atom is -0.368 e. The number of nitrogens with one attached hydrogen (secondary N) is 1. The van der Waals surface area contributed by atoms with Gasteiger partial charge in [0.25, 0.3) is 0 Å². The van der Waals surface area contributed by atoms with Crippen LogP contribution in [0.25, 0.3) is 22.6 Å². The second-order valence-corrected chi connectivity index (χ2v) is 7.59. The van der Waals surface area contributed by atoms with Crippen LogP contribution in [0.3, 0.4) is 0 Å². The zero-order chi connectivity index (χ0) is 21.4. The van der Waals surface area contributed by atoms with Crippen molar-refractivity contribution in [2.24, 2.45) is 0 Å². The van der Waals surface area contributed by atoms with E-state index in [0.717, 1.165) is 43.9 Å². The summed E-state index contributed by atoms with van der Waals surface area (Å²) in [6.45, 7) is 3.97. The van der Waals surface area contributed by atoms with Gasteiger partial charge < -0.3 is 15.6 Å². The predicted molar refractivity (Wildman–Crippen MR) is 115 cm³/mol. The molecule has 4 aromatic rings.